The number of rotatable bonds is 4. The SMILES string of the molecule is CCN1CCC(N(C)S(=O)(=O)c2cccc(Cl)c2)CC1. The summed E-state index contributed by atoms with van der Waals surface area (Å²) in [5, 5.41) is 0.445. The average Bonchev–Trinajstić information content (AvgIpc) is 2.46. The van der Waals surface area contributed by atoms with Gasteiger partial charge in [0.25, 0.3) is 0 Å². The minimum atomic E-state index is -3.45. The number of nitrogens with zero attached hydrogens (tertiary/aromatic N) is 2. The molecule has 4 nitrogen and oxygen atoms in total. The molecule has 0 bridgehead atoms. The molecule has 0 aliphatic carbocycles. The van der Waals surface area contributed by atoms with Gasteiger partial charge in [0, 0.05) is 18.1 Å². The summed E-state index contributed by atoms with van der Waals surface area (Å²) >= 11 is 5.89. The van der Waals surface area contributed by atoms with Crippen LogP contribution in [0.1, 0.15) is 19.8 Å². The number of piperidine rings is 1. The first kappa shape index (κ1) is 15.8. The molecule has 0 atom stereocenters. The zero-order chi connectivity index (χ0) is 14.8. The van der Waals surface area contributed by atoms with Gasteiger partial charge >= 0.3 is 0 Å². The largest absolute Gasteiger partial charge is 0.303 e. The van der Waals surface area contributed by atoms with Gasteiger partial charge in [-0.1, -0.05) is 24.6 Å². The summed E-state index contributed by atoms with van der Waals surface area (Å²) in [7, 11) is -1.79. The topological polar surface area (TPSA) is 40.6 Å². The molecule has 1 saturated heterocycles. The van der Waals surface area contributed by atoms with Crippen LogP contribution in [-0.2, 0) is 10.0 Å². The molecular weight excluding hydrogens is 296 g/mol. The molecule has 112 valence electrons. The predicted molar refractivity (Wildman–Crippen MR) is 81.5 cm³/mol. The van der Waals surface area contributed by atoms with E-state index in [-0.39, 0.29) is 10.9 Å². The first-order chi connectivity index (χ1) is 9.45. The first-order valence-electron chi connectivity index (χ1n) is 6.91. The zero-order valence-corrected chi connectivity index (χ0v) is 13.5. The van der Waals surface area contributed by atoms with E-state index in [4.69, 9.17) is 11.6 Å². The molecule has 0 unspecified atom stereocenters. The fraction of sp³-hybridized carbons (Fsp3) is 0.571. The third-order valence-electron chi connectivity index (χ3n) is 3.99. The Morgan fingerprint density at radius 1 is 1.35 bits per heavy atom. The normalized spacial score (nSPS) is 18.6. The Morgan fingerprint density at radius 2 is 2.00 bits per heavy atom. The molecule has 0 saturated carbocycles. The van der Waals surface area contributed by atoms with Crippen molar-refractivity contribution < 1.29 is 8.42 Å². The number of likely N-dealkylation sites (tertiary alicyclic amines) is 1. The molecule has 1 fully saturated rings. The molecule has 1 aromatic carbocycles. The van der Waals surface area contributed by atoms with Gasteiger partial charge < -0.3 is 4.90 Å². The fourth-order valence-electron chi connectivity index (χ4n) is 2.59. The Morgan fingerprint density at radius 3 is 2.55 bits per heavy atom. The average molecular weight is 317 g/mol. The van der Waals surface area contributed by atoms with Crippen LogP contribution in [0.15, 0.2) is 29.2 Å². The summed E-state index contributed by atoms with van der Waals surface area (Å²) in [5.41, 5.74) is 0. The van der Waals surface area contributed by atoms with Crippen molar-refractivity contribution in [3.05, 3.63) is 29.3 Å². The molecule has 2 rings (SSSR count). The summed E-state index contributed by atoms with van der Waals surface area (Å²) < 4.78 is 26.7. The van der Waals surface area contributed by atoms with Crippen LogP contribution in [0, 0.1) is 0 Å². The van der Waals surface area contributed by atoms with Gasteiger partial charge in [-0.2, -0.15) is 4.31 Å². The lowest BCUT2D eigenvalue weighted by Gasteiger charge is -2.35. The van der Waals surface area contributed by atoms with Crippen molar-refractivity contribution in [1.82, 2.24) is 9.21 Å². The van der Waals surface area contributed by atoms with Crippen LogP contribution in [0.25, 0.3) is 0 Å². The van der Waals surface area contributed by atoms with E-state index in [1.54, 1.807) is 25.2 Å². The van der Waals surface area contributed by atoms with Gasteiger partial charge in [0.15, 0.2) is 0 Å². The van der Waals surface area contributed by atoms with Crippen molar-refractivity contribution in [3.63, 3.8) is 0 Å². The Balaban J connectivity index is 2.14. The van der Waals surface area contributed by atoms with E-state index in [9.17, 15) is 8.42 Å². The second kappa shape index (κ2) is 6.43. The number of halogens is 1. The number of hydrogen-bond donors (Lipinski definition) is 0. The lowest BCUT2D eigenvalue weighted by atomic mass is 10.1. The van der Waals surface area contributed by atoms with Gasteiger partial charge in [-0.25, -0.2) is 8.42 Å². The van der Waals surface area contributed by atoms with E-state index in [2.05, 4.69) is 11.8 Å². The van der Waals surface area contributed by atoms with Crippen LogP contribution in [0.2, 0.25) is 5.02 Å². The van der Waals surface area contributed by atoms with Crippen LogP contribution in [0.4, 0.5) is 0 Å². The van der Waals surface area contributed by atoms with Crippen LogP contribution in [-0.4, -0.2) is 50.3 Å². The first-order valence-corrected chi connectivity index (χ1v) is 8.73. The fourth-order valence-corrected chi connectivity index (χ4v) is 4.31. The standard InChI is InChI=1S/C14H21ClN2O2S/c1-3-17-9-7-13(8-10-17)16(2)20(18,19)14-6-4-5-12(15)11-14/h4-6,11,13H,3,7-10H2,1-2H3. The number of sulfonamides is 1. The van der Waals surface area contributed by atoms with Gasteiger partial charge in [-0.05, 0) is 50.7 Å². The highest BCUT2D eigenvalue weighted by atomic mass is 35.5. The van der Waals surface area contributed by atoms with E-state index in [1.807, 2.05) is 0 Å². The van der Waals surface area contributed by atoms with Crippen molar-refractivity contribution in [2.45, 2.75) is 30.7 Å². The zero-order valence-electron chi connectivity index (χ0n) is 11.9. The lowest BCUT2D eigenvalue weighted by Crippen LogP contribution is -2.45. The van der Waals surface area contributed by atoms with Crippen molar-refractivity contribution in [2.75, 3.05) is 26.7 Å². The maximum Gasteiger partial charge on any atom is 0.243 e. The molecule has 0 amide bonds. The molecule has 0 N–H and O–H groups in total. The van der Waals surface area contributed by atoms with Crippen LogP contribution in [0.3, 0.4) is 0 Å². The van der Waals surface area contributed by atoms with Crippen molar-refractivity contribution in [3.8, 4) is 0 Å². The van der Waals surface area contributed by atoms with Gasteiger partial charge in [0.1, 0.15) is 0 Å². The van der Waals surface area contributed by atoms with Gasteiger partial charge in [0.2, 0.25) is 10.0 Å². The molecule has 20 heavy (non-hydrogen) atoms. The Bertz CT molecular complexity index is 554. The van der Waals surface area contributed by atoms with Crippen molar-refractivity contribution in [1.29, 1.82) is 0 Å². The van der Waals surface area contributed by atoms with Gasteiger partial charge in [0.05, 0.1) is 4.90 Å². The molecular formula is C14H21ClN2O2S. The van der Waals surface area contributed by atoms with Crippen LogP contribution in [0.5, 0.6) is 0 Å². The second-order valence-electron chi connectivity index (χ2n) is 5.14. The smallest absolute Gasteiger partial charge is 0.243 e. The van der Waals surface area contributed by atoms with E-state index >= 15 is 0 Å². The minimum absolute atomic E-state index is 0.0711. The highest BCUT2D eigenvalue weighted by Crippen LogP contribution is 2.24. The maximum atomic E-state index is 12.6. The summed E-state index contributed by atoms with van der Waals surface area (Å²) in [5.74, 6) is 0. The Labute approximate surface area is 126 Å². The molecule has 1 heterocycles. The molecule has 0 aromatic heterocycles. The predicted octanol–water partition coefficient (Wildman–Crippen LogP) is 2.44. The van der Waals surface area contributed by atoms with Gasteiger partial charge in [-0.3, -0.25) is 0 Å². The lowest BCUT2D eigenvalue weighted by molar-refractivity contribution is 0.176. The Hall–Kier alpha value is -0.620. The third-order valence-corrected chi connectivity index (χ3v) is 6.13. The highest BCUT2D eigenvalue weighted by Gasteiger charge is 2.30. The molecule has 6 heteroatoms. The summed E-state index contributed by atoms with van der Waals surface area (Å²) in [6, 6.07) is 6.53. The summed E-state index contributed by atoms with van der Waals surface area (Å²) in [4.78, 5) is 2.61. The molecule has 1 aromatic rings. The third kappa shape index (κ3) is 3.34. The molecule has 0 spiro atoms. The molecule has 1 aliphatic heterocycles. The van der Waals surface area contributed by atoms with Gasteiger partial charge in [-0.15, -0.1) is 0 Å². The monoisotopic (exact) mass is 316 g/mol. The molecule has 1 aliphatic rings. The molecule has 0 radical (unpaired) electrons. The minimum Gasteiger partial charge on any atom is -0.303 e. The second-order valence-corrected chi connectivity index (χ2v) is 7.58. The van der Waals surface area contributed by atoms with E-state index in [0.29, 0.717) is 5.02 Å². The van der Waals surface area contributed by atoms with Crippen LogP contribution >= 0.6 is 11.6 Å². The highest BCUT2D eigenvalue weighted by molar-refractivity contribution is 7.89. The summed E-state index contributed by atoms with van der Waals surface area (Å²) in [6.45, 7) is 5.07. The quantitative estimate of drug-likeness (QED) is 0.856. The number of hydrogen-bond acceptors (Lipinski definition) is 3. The van der Waals surface area contributed by atoms with Crippen molar-refractivity contribution >= 4 is 21.6 Å². The van der Waals surface area contributed by atoms with E-state index in [0.717, 1.165) is 32.5 Å². The van der Waals surface area contributed by atoms with Crippen molar-refractivity contribution in [2.24, 2.45) is 0 Å². The number of benzene rings is 1. The summed E-state index contributed by atoms with van der Waals surface area (Å²) in [6.07, 6.45) is 1.76. The van der Waals surface area contributed by atoms with Crippen LogP contribution < -0.4 is 0 Å². The maximum absolute atomic E-state index is 12.6. The van der Waals surface area contributed by atoms with E-state index in [1.165, 1.54) is 10.4 Å². The van der Waals surface area contributed by atoms with E-state index < -0.39 is 10.0 Å². The Kier molecular flexibility index (Phi) is 5.07.